The Kier molecular flexibility index (Phi) is 2.81. The molecule has 0 spiro atoms. The number of ether oxygens (including phenoxy) is 3. The van der Waals surface area contributed by atoms with Crippen molar-refractivity contribution in [3.05, 3.63) is 18.2 Å². The molecule has 3 rings (SSSR count). The number of benzene rings is 1. The lowest BCUT2D eigenvalue weighted by atomic mass is 10.1. The molecular weight excluding hydrogens is 218 g/mol. The Labute approximate surface area is 101 Å². The Morgan fingerprint density at radius 1 is 1.29 bits per heavy atom. The second-order valence-electron chi connectivity index (χ2n) is 4.65. The number of fused-ring (bicyclic) bond motifs is 1. The maximum atomic E-state index is 5.40. The monoisotopic (exact) mass is 235 g/mol. The van der Waals surface area contributed by atoms with E-state index < -0.39 is 0 Å². The van der Waals surface area contributed by atoms with Gasteiger partial charge in [-0.05, 0) is 18.6 Å². The largest absolute Gasteiger partial charge is 0.454 e. The minimum Gasteiger partial charge on any atom is -0.454 e. The molecule has 2 aliphatic heterocycles. The fourth-order valence-electron chi connectivity index (χ4n) is 2.34. The highest BCUT2D eigenvalue weighted by molar-refractivity contribution is 5.56. The topological polar surface area (TPSA) is 30.9 Å². The van der Waals surface area contributed by atoms with E-state index >= 15 is 0 Å². The van der Waals surface area contributed by atoms with Crippen molar-refractivity contribution in [1.29, 1.82) is 0 Å². The molecule has 17 heavy (non-hydrogen) atoms. The molecule has 0 bridgehead atoms. The van der Waals surface area contributed by atoms with Crippen LogP contribution in [0.2, 0.25) is 0 Å². The van der Waals surface area contributed by atoms with Crippen LogP contribution in [0, 0.1) is 5.92 Å². The third kappa shape index (κ3) is 2.17. The summed E-state index contributed by atoms with van der Waals surface area (Å²) in [4.78, 5) is 2.25. The van der Waals surface area contributed by atoms with Crippen molar-refractivity contribution in [2.75, 3.05) is 38.5 Å². The van der Waals surface area contributed by atoms with Crippen molar-refractivity contribution in [3.8, 4) is 11.5 Å². The zero-order chi connectivity index (χ0) is 11.7. The van der Waals surface area contributed by atoms with Crippen LogP contribution in [-0.2, 0) is 4.74 Å². The van der Waals surface area contributed by atoms with E-state index in [1.54, 1.807) is 0 Å². The molecule has 1 atom stereocenters. The molecule has 0 N–H and O–H groups in total. The Hall–Kier alpha value is -1.42. The summed E-state index contributed by atoms with van der Waals surface area (Å²) in [6.45, 7) is 3.15. The zero-order valence-electron chi connectivity index (χ0n) is 10.0. The van der Waals surface area contributed by atoms with Crippen LogP contribution in [-0.4, -0.2) is 33.6 Å². The standard InChI is InChI=1S/C13H17NO3/c1-14(7-10-4-5-15-8-10)11-2-3-12-13(6-11)17-9-16-12/h2-3,6,10H,4-5,7-9H2,1H3/t10-/m1/s1. The third-order valence-corrected chi connectivity index (χ3v) is 3.35. The highest BCUT2D eigenvalue weighted by atomic mass is 16.7. The summed E-state index contributed by atoms with van der Waals surface area (Å²) in [6.07, 6.45) is 1.16. The van der Waals surface area contributed by atoms with Gasteiger partial charge in [0.05, 0.1) is 6.61 Å². The molecule has 4 heteroatoms. The molecule has 4 nitrogen and oxygen atoms in total. The third-order valence-electron chi connectivity index (χ3n) is 3.35. The van der Waals surface area contributed by atoms with Crippen LogP contribution in [0.4, 0.5) is 5.69 Å². The summed E-state index contributed by atoms with van der Waals surface area (Å²) in [5.41, 5.74) is 1.17. The molecule has 2 aliphatic rings. The molecule has 0 aliphatic carbocycles. The SMILES string of the molecule is CN(C[C@H]1CCOC1)c1ccc2c(c1)OCO2. The molecule has 1 aromatic carbocycles. The van der Waals surface area contributed by atoms with Crippen LogP contribution in [0.25, 0.3) is 0 Å². The Morgan fingerprint density at radius 3 is 3.00 bits per heavy atom. The van der Waals surface area contributed by atoms with Crippen LogP contribution in [0.1, 0.15) is 6.42 Å². The zero-order valence-corrected chi connectivity index (χ0v) is 10.0. The van der Waals surface area contributed by atoms with Crippen molar-refractivity contribution in [2.24, 2.45) is 5.92 Å². The summed E-state index contributed by atoms with van der Waals surface area (Å²) in [5.74, 6) is 2.33. The first kappa shape index (κ1) is 10.7. The van der Waals surface area contributed by atoms with Crippen LogP contribution in [0.15, 0.2) is 18.2 Å². The predicted molar refractivity (Wildman–Crippen MR) is 64.8 cm³/mol. The van der Waals surface area contributed by atoms with E-state index in [4.69, 9.17) is 14.2 Å². The number of hydrogen-bond donors (Lipinski definition) is 0. The van der Waals surface area contributed by atoms with Gasteiger partial charge < -0.3 is 19.1 Å². The van der Waals surface area contributed by atoms with Crippen LogP contribution in [0.5, 0.6) is 11.5 Å². The maximum Gasteiger partial charge on any atom is 0.231 e. The smallest absolute Gasteiger partial charge is 0.231 e. The van der Waals surface area contributed by atoms with Gasteiger partial charge in [0.1, 0.15) is 0 Å². The molecule has 0 aromatic heterocycles. The summed E-state index contributed by atoms with van der Waals surface area (Å²) < 4.78 is 16.1. The second kappa shape index (κ2) is 4.45. The van der Waals surface area contributed by atoms with Crippen molar-refractivity contribution in [3.63, 3.8) is 0 Å². The first-order chi connectivity index (χ1) is 8.33. The Bertz CT molecular complexity index is 402. The average Bonchev–Trinajstić information content (AvgIpc) is 2.97. The van der Waals surface area contributed by atoms with Gasteiger partial charge in [-0.1, -0.05) is 0 Å². The lowest BCUT2D eigenvalue weighted by molar-refractivity contribution is 0.174. The maximum absolute atomic E-state index is 5.40. The normalized spacial score (nSPS) is 21.8. The molecule has 0 amide bonds. The van der Waals surface area contributed by atoms with E-state index in [9.17, 15) is 0 Å². The van der Waals surface area contributed by atoms with Gasteiger partial charge in [-0.15, -0.1) is 0 Å². The van der Waals surface area contributed by atoms with Gasteiger partial charge in [-0.3, -0.25) is 0 Å². The van der Waals surface area contributed by atoms with E-state index in [-0.39, 0.29) is 0 Å². The summed E-state index contributed by atoms with van der Waals surface area (Å²) in [7, 11) is 2.11. The van der Waals surface area contributed by atoms with Gasteiger partial charge in [0.2, 0.25) is 6.79 Å². The Morgan fingerprint density at radius 2 is 2.18 bits per heavy atom. The van der Waals surface area contributed by atoms with Crippen molar-refractivity contribution in [1.82, 2.24) is 0 Å². The first-order valence-electron chi connectivity index (χ1n) is 6.01. The van der Waals surface area contributed by atoms with Gasteiger partial charge in [-0.2, -0.15) is 0 Å². The molecule has 1 aromatic rings. The molecule has 1 fully saturated rings. The first-order valence-corrected chi connectivity index (χ1v) is 6.01. The molecular formula is C13H17NO3. The van der Waals surface area contributed by atoms with Gasteiger partial charge >= 0.3 is 0 Å². The van der Waals surface area contributed by atoms with E-state index in [2.05, 4.69) is 18.0 Å². The molecule has 92 valence electrons. The van der Waals surface area contributed by atoms with Crippen molar-refractivity contribution in [2.45, 2.75) is 6.42 Å². The van der Waals surface area contributed by atoms with E-state index in [0.29, 0.717) is 12.7 Å². The molecule has 0 radical (unpaired) electrons. The minimum atomic E-state index is 0.332. The van der Waals surface area contributed by atoms with Gasteiger partial charge in [0, 0.05) is 37.9 Å². The second-order valence-corrected chi connectivity index (χ2v) is 4.65. The fourth-order valence-corrected chi connectivity index (χ4v) is 2.34. The Balaban J connectivity index is 1.70. The average molecular weight is 235 g/mol. The van der Waals surface area contributed by atoms with E-state index in [1.807, 2.05) is 12.1 Å². The van der Waals surface area contributed by atoms with E-state index in [0.717, 1.165) is 37.7 Å². The molecule has 0 unspecified atom stereocenters. The highest BCUT2D eigenvalue weighted by Crippen LogP contribution is 2.35. The molecule has 0 saturated carbocycles. The molecule has 1 saturated heterocycles. The highest BCUT2D eigenvalue weighted by Gasteiger charge is 2.19. The van der Waals surface area contributed by atoms with Crippen molar-refractivity contribution < 1.29 is 14.2 Å². The summed E-state index contributed by atoms with van der Waals surface area (Å²) in [6, 6.07) is 6.08. The minimum absolute atomic E-state index is 0.332. The lowest BCUT2D eigenvalue weighted by Crippen LogP contribution is -2.25. The van der Waals surface area contributed by atoms with Crippen LogP contribution >= 0.6 is 0 Å². The van der Waals surface area contributed by atoms with Gasteiger partial charge in [0.15, 0.2) is 11.5 Å². The quantitative estimate of drug-likeness (QED) is 0.800. The van der Waals surface area contributed by atoms with Crippen LogP contribution < -0.4 is 14.4 Å². The van der Waals surface area contributed by atoms with Gasteiger partial charge in [0.25, 0.3) is 0 Å². The number of rotatable bonds is 3. The molecule has 2 heterocycles. The number of anilines is 1. The lowest BCUT2D eigenvalue weighted by Gasteiger charge is -2.22. The van der Waals surface area contributed by atoms with Gasteiger partial charge in [-0.25, -0.2) is 0 Å². The van der Waals surface area contributed by atoms with Crippen LogP contribution in [0.3, 0.4) is 0 Å². The predicted octanol–water partition coefficient (Wildman–Crippen LogP) is 1.89. The number of nitrogens with zero attached hydrogens (tertiary/aromatic N) is 1. The number of hydrogen-bond acceptors (Lipinski definition) is 4. The summed E-state index contributed by atoms with van der Waals surface area (Å²) >= 11 is 0. The van der Waals surface area contributed by atoms with E-state index in [1.165, 1.54) is 5.69 Å². The summed E-state index contributed by atoms with van der Waals surface area (Å²) in [5, 5.41) is 0. The fraction of sp³-hybridized carbons (Fsp3) is 0.538. The van der Waals surface area contributed by atoms with Crippen molar-refractivity contribution >= 4 is 5.69 Å².